The highest BCUT2D eigenvalue weighted by Crippen LogP contribution is 2.33. The molecule has 13 heavy (non-hydrogen) atoms. The van der Waals surface area contributed by atoms with E-state index in [1.165, 1.54) is 0 Å². The Morgan fingerprint density at radius 3 is 3.00 bits per heavy atom. The molecule has 1 N–H and O–H groups in total. The summed E-state index contributed by atoms with van der Waals surface area (Å²) < 4.78 is 0. The summed E-state index contributed by atoms with van der Waals surface area (Å²) in [6.07, 6.45) is 0. The Morgan fingerprint density at radius 1 is 1.54 bits per heavy atom. The number of nitriles is 1. The van der Waals surface area contributed by atoms with E-state index >= 15 is 0 Å². The van der Waals surface area contributed by atoms with E-state index in [0.29, 0.717) is 5.56 Å². The topological polar surface area (TPSA) is 35.8 Å². The first-order valence-electron chi connectivity index (χ1n) is 4.07. The van der Waals surface area contributed by atoms with E-state index in [9.17, 15) is 0 Å². The van der Waals surface area contributed by atoms with Crippen LogP contribution < -0.4 is 5.32 Å². The lowest BCUT2D eigenvalue weighted by Crippen LogP contribution is -2.05. The van der Waals surface area contributed by atoms with Gasteiger partial charge in [-0.05, 0) is 23.8 Å². The molecule has 1 unspecified atom stereocenters. The van der Waals surface area contributed by atoms with Crippen LogP contribution in [-0.2, 0) is 0 Å². The first kappa shape index (κ1) is 8.21. The summed E-state index contributed by atoms with van der Waals surface area (Å²) in [7, 11) is 0. The number of nitrogens with one attached hydrogen (secondary N) is 1. The summed E-state index contributed by atoms with van der Waals surface area (Å²) in [5.41, 5.74) is 2.86. The molecule has 3 heteroatoms. The van der Waals surface area contributed by atoms with E-state index in [-0.39, 0.29) is 5.92 Å². The van der Waals surface area contributed by atoms with Crippen molar-refractivity contribution in [2.24, 2.45) is 0 Å². The molecule has 2 rings (SSSR count). The zero-order valence-electron chi connectivity index (χ0n) is 7.16. The number of hydrogen-bond donors (Lipinski definition) is 1. The lowest BCUT2D eigenvalue weighted by Gasteiger charge is -2.01. The molecule has 0 spiro atoms. The van der Waals surface area contributed by atoms with Crippen molar-refractivity contribution in [3.05, 3.63) is 29.3 Å². The average molecular weight is 188 g/mol. The molecule has 0 aliphatic carbocycles. The molecular weight excluding hydrogens is 180 g/mol. The van der Waals surface area contributed by atoms with Gasteiger partial charge in [0.2, 0.25) is 0 Å². The molecule has 1 heterocycles. The van der Waals surface area contributed by atoms with Crippen LogP contribution in [0.3, 0.4) is 0 Å². The molecule has 0 aromatic heterocycles. The minimum Gasteiger partial charge on any atom is -0.349 e. The lowest BCUT2D eigenvalue weighted by atomic mass is 10.0. The Balaban J connectivity index is 2.55. The smallest absolute Gasteiger partial charge is 0.0991 e. The van der Waals surface area contributed by atoms with Gasteiger partial charge in [-0.3, -0.25) is 0 Å². The van der Waals surface area contributed by atoms with E-state index < -0.39 is 0 Å². The zero-order valence-corrected chi connectivity index (χ0v) is 7.98. The van der Waals surface area contributed by atoms with Gasteiger partial charge in [0.1, 0.15) is 0 Å². The van der Waals surface area contributed by atoms with Gasteiger partial charge in [-0.2, -0.15) is 5.26 Å². The van der Waals surface area contributed by atoms with E-state index in [0.717, 1.165) is 16.2 Å². The summed E-state index contributed by atoms with van der Waals surface area (Å²) >= 11 is 5.13. The molecule has 2 nitrogen and oxygen atoms in total. The maximum Gasteiger partial charge on any atom is 0.0991 e. The van der Waals surface area contributed by atoms with Crippen molar-refractivity contribution in [3.63, 3.8) is 0 Å². The van der Waals surface area contributed by atoms with Crippen molar-refractivity contribution in [1.29, 1.82) is 5.26 Å². The fraction of sp³-hybridized carbons (Fsp3) is 0.200. The largest absolute Gasteiger partial charge is 0.349 e. The molecule has 0 saturated carbocycles. The van der Waals surface area contributed by atoms with Gasteiger partial charge >= 0.3 is 0 Å². The van der Waals surface area contributed by atoms with Gasteiger partial charge < -0.3 is 5.32 Å². The Hall–Kier alpha value is -1.40. The molecule has 64 valence electrons. The number of nitrogens with zero attached hydrogens (tertiary/aromatic N) is 1. The monoisotopic (exact) mass is 188 g/mol. The summed E-state index contributed by atoms with van der Waals surface area (Å²) in [5.74, 6) is 0.235. The number of rotatable bonds is 0. The van der Waals surface area contributed by atoms with Gasteiger partial charge in [0.15, 0.2) is 0 Å². The van der Waals surface area contributed by atoms with Crippen molar-refractivity contribution in [2.75, 3.05) is 5.32 Å². The highest BCUT2D eigenvalue weighted by Gasteiger charge is 2.22. The Morgan fingerprint density at radius 2 is 2.31 bits per heavy atom. The van der Waals surface area contributed by atoms with Crippen molar-refractivity contribution in [3.8, 4) is 6.07 Å². The second-order valence-electron chi connectivity index (χ2n) is 3.12. The molecular formula is C10H8N2S. The number of anilines is 1. The van der Waals surface area contributed by atoms with E-state index in [1.807, 2.05) is 19.1 Å². The molecule has 1 aliphatic heterocycles. The third kappa shape index (κ3) is 1.20. The highest BCUT2D eigenvalue weighted by atomic mass is 32.1. The average Bonchev–Trinajstić information content (AvgIpc) is 2.43. The van der Waals surface area contributed by atoms with Gasteiger partial charge in [-0.15, -0.1) is 0 Å². The van der Waals surface area contributed by atoms with E-state index in [1.54, 1.807) is 6.07 Å². The van der Waals surface area contributed by atoms with Gasteiger partial charge in [0.05, 0.1) is 16.6 Å². The van der Waals surface area contributed by atoms with Crippen LogP contribution in [0, 0.1) is 11.3 Å². The standard InChI is InChI=1S/C10H8N2S/c1-6-8-4-7(5-11)2-3-9(8)12-10(6)13/h2-4,6H,1H3,(H,12,13). The highest BCUT2D eigenvalue weighted by molar-refractivity contribution is 7.80. The molecule has 0 bridgehead atoms. The number of hydrogen-bond acceptors (Lipinski definition) is 2. The summed E-state index contributed by atoms with van der Waals surface area (Å²) in [5, 5.41) is 11.8. The zero-order chi connectivity index (χ0) is 9.42. The third-order valence-electron chi connectivity index (χ3n) is 2.30. The van der Waals surface area contributed by atoms with Crippen LogP contribution in [0.2, 0.25) is 0 Å². The molecule has 0 radical (unpaired) electrons. The van der Waals surface area contributed by atoms with Crippen LogP contribution in [-0.4, -0.2) is 4.99 Å². The fourth-order valence-corrected chi connectivity index (χ4v) is 1.72. The Labute approximate surface area is 82.2 Å². The summed E-state index contributed by atoms with van der Waals surface area (Å²) in [6, 6.07) is 7.72. The van der Waals surface area contributed by atoms with Crippen LogP contribution in [0.15, 0.2) is 18.2 Å². The maximum atomic E-state index is 8.72. The summed E-state index contributed by atoms with van der Waals surface area (Å²) in [6.45, 7) is 2.04. The van der Waals surface area contributed by atoms with Crippen molar-refractivity contribution in [2.45, 2.75) is 12.8 Å². The van der Waals surface area contributed by atoms with Crippen LogP contribution >= 0.6 is 12.2 Å². The van der Waals surface area contributed by atoms with Gasteiger partial charge in [-0.25, -0.2) is 0 Å². The second kappa shape index (κ2) is 2.82. The number of fused-ring (bicyclic) bond motifs is 1. The SMILES string of the molecule is CC1C(=S)Nc2ccc(C#N)cc21. The van der Waals surface area contributed by atoms with Crippen LogP contribution in [0.25, 0.3) is 0 Å². The Bertz CT molecular complexity index is 417. The first-order chi connectivity index (χ1) is 6.22. The maximum absolute atomic E-state index is 8.72. The first-order valence-corrected chi connectivity index (χ1v) is 4.48. The molecule has 0 amide bonds. The molecule has 1 atom stereocenters. The predicted octanol–water partition coefficient (Wildman–Crippen LogP) is 2.41. The van der Waals surface area contributed by atoms with Crippen molar-refractivity contribution in [1.82, 2.24) is 0 Å². The number of thiocarbonyl (C=S) groups is 1. The van der Waals surface area contributed by atoms with Crippen molar-refractivity contribution >= 4 is 22.9 Å². The quantitative estimate of drug-likeness (QED) is 0.635. The van der Waals surface area contributed by atoms with E-state index in [2.05, 4.69) is 11.4 Å². The van der Waals surface area contributed by atoms with Gasteiger partial charge in [0.25, 0.3) is 0 Å². The molecule has 0 saturated heterocycles. The Kier molecular flexibility index (Phi) is 1.78. The van der Waals surface area contributed by atoms with Gasteiger partial charge in [-0.1, -0.05) is 19.1 Å². The lowest BCUT2D eigenvalue weighted by molar-refractivity contribution is 1.07. The normalized spacial score (nSPS) is 19.1. The van der Waals surface area contributed by atoms with Gasteiger partial charge in [0, 0.05) is 11.6 Å². The molecule has 1 aromatic carbocycles. The molecule has 1 aliphatic rings. The van der Waals surface area contributed by atoms with Crippen LogP contribution in [0.4, 0.5) is 5.69 Å². The summed E-state index contributed by atoms with van der Waals surface area (Å²) in [4.78, 5) is 0.838. The minimum absolute atomic E-state index is 0.235. The number of benzene rings is 1. The third-order valence-corrected chi connectivity index (χ3v) is 2.75. The predicted molar refractivity (Wildman–Crippen MR) is 55.8 cm³/mol. The van der Waals surface area contributed by atoms with Crippen LogP contribution in [0.5, 0.6) is 0 Å². The van der Waals surface area contributed by atoms with Crippen molar-refractivity contribution < 1.29 is 0 Å². The fourth-order valence-electron chi connectivity index (χ4n) is 1.49. The minimum atomic E-state index is 0.235. The molecule has 0 fully saturated rings. The second-order valence-corrected chi connectivity index (χ2v) is 3.56. The van der Waals surface area contributed by atoms with Crippen LogP contribution in [0.1, 0.15) is 24.0 Å². The molecule has 1 aromatic rings. The van der Waals surface area contributed by atoms with E-state index in [4.69, 9.17) is 17.5 Å².